The summed E-state index contributed by atoms with van der Waals surface area (Å²) in [6.45, 7) is 6.55. The van der Waals surface area contributed by atoms with Crippen molar-refractivity contribution in [3.05, 3.63) is 29.8 Å². The van der Waals surface area contributed by atoms with Gasteiger partial charge in [-0.05, 0) is 32.4 Å². The van der Waals surface area contributed by atoms with Gasteiger partial charge >= 0.3 is 0 Å². The zero-order chi connectivity index (χ0) is 15.2. The third-order valence-corrected chi connectivity index (χ3v) is 3.84. The zero-order valence-corrected chi connectivity index (χ0v) is 13.2. The van der Waals surface area contributed by atoms with Gasteiger partial charge in [0, 0.05) is 12.1 Å². The first-order valence-electron chi connectivity index (χ1n) is 6.95. The number of nitrogens with zero attached hydrogens (tertiary/aromatic N) is 2. The summed E-state index contributed by atoms with van der Waals surface area (Å²) in [5.74, 6) is 0.454. The minimum absolute atomic E-state index is 0.0167. The van der Waals surface area contributed by atoms with Gasteiger partial charge in [0.05, 0.1) is 5.25 Å². The van der Waals surface area contributed by atoms with E-state index in [1.54, 1.807) is 0 Å². The van der Waals surface area contributed by atoms with Gasteiger partial charge in [-0.3, -0.25) is 4.79 Å². The van der Waals surface area contributed by atoms with Crippen molar-refractivity contribution in [3.63, 3.8) is 0 Å². The molecule has 21 heavy (non-hydrogen) atoms. The Morgan fingerprint density at radius 1 is 1.33 bits per heavy atom. The highest BCUT2D eigenvalue weighted by atomic mass is 32.2. The lowest BCUT2D eigenvalue weighted by Gasteiger charge is -2.08. The van der Waals surface area contributed by atoms with Crippen molar-refractivity contribution in [2.75, 3.05) is 6.54 Å². The molecule has 0 saturated carbocycles. The van der Waals surface area contributed by atoms with Crippen molar-refractivity contribution in [1.29, 1.82) is 0 Å². The van der Waals surface area contributed by atoms with Crippen LogP contribution in [0.3, 0.4) is 0 Å². The van der Waals surface area contributed by atoms with Crippen molar-refractivity contribution in [2.45, 2.75) is 37.7 Å². The second kappa shape index (κ2) is 7.26. The number of hydrogen-bond donors (Lipinski definition) is 1. The average Bonchev–Trinajstić information content (AvgIpc) is 2.93. The highest BCUT2D eigenvalue weighted by Crippen LogP contribution is 2.26. The number of aromatic nitrogens is 2. The van der Waals surface area contributed by atoms with E-state index in [0.717, 1.165) is 12.0 Å². The molecule has 1 heterocycles. The van der Waals surface area contributed by atoms with E-state index in [1.807, 2.05) is 45.0 Å². The maximum Gasteiger partial charge on any atom is 0.277 e. The fourth-order valence-electron chi connectivity index (χ4n) is 1.67. The summed E-state index contributed by atoms with van der Waals surface area (Å²) in [5, 5.41) is 11.0. The molecule has 0 spiro atoms. The molecule has 1 aromatic carbocycles. The molecular weight excluding hydrogens is 286 g/mol. The topological polar surface area (TPSA) is 68.0 Å². The van der Waals surface area contributed by atoms with Crippen LogP contribution in [0, 0.1) is 6.92 Å². The normalized spacial score (nSPS) is 12.1. The maximum atomic E-state index is 11.8. The SMILES string of the molecule is CCCNC(=O)[C@@H](C)Sc1nnc(-c2ccc(C)cc2)o1. The number of hydrogen-bond acceptors (Lipinski definition) is 5. The first-order chi connectivity index (χ1) is 10.1. The number of amides is 1. The second-order valence-electron chi connectivity index (χ2n) is 4.79. The van der Waals surface area contributed by atoms with Crippen LogP contribution in [0.15, 0.2) is 33.9 Å². The van der Waals surface area contributed by atoms with Crippen LogP contribution in [0.2, 0.25) is 0 Å². The van der Waals surface area contributed by atoms with Gasteiger partial charge in [0.1, 0.15) is 0 Å². The number of carbonyl (C=O) groups excluding carboxylic acids is 1. The largest absolute Gasteiger partial charge is 0.411 e. The second-order valence-corrected chi connectivity index (χ2v) is 6.08. The van der Waals surface area contributed by atoms with E-state index in [-0.39, 0.29) is 11.2 Å². The lowest BCUT2D eigenvalue weighted by atomic mass is 10.1. The van der Waals surface area contributed by atoms with Gasteiger partial charge in [-0.25, -0.2) is 0 Å². The first kappa shape index (κ1) is 15.6. The van der Waals surface area contributed by atoms with Crippen molar-refractivity contribution >= 4 is 17.7 Å². The number of nitrogens with one attached hydrogen (secondary N) is 1. The molecule has 0 aliphatic heterocycles. The van der Waals surface area contributed by atoms with Gasteiger partial charge in [-0.15, -0.1) is 10.2 Å². The van der Waals surface area contributed by atoms with E-state index in [4.69, 9.17) is 4.42 Å². The van der Waals surface area contributed by atoms with Gasteiger partial charge in [0.15, 0.2) is 0 Å². The van der Waals surface area contributed by atoms with Crippen LogP contribution >= 0.6 is 11.8 Å². The minimum atomic E-state index is -0.261. The standard InChI is InChI=1S/C15H19N3O2S/c1-4-9-16-13(19)11(3)21-15-18-17-14(20-15)12-7-5-10(2)6-8-12/h5-8,11H,4,9H2,1-3H3,(H,16,19)/t11-/m1/s1. The molecular formula is C15H19N3O2S. The molecule has 0 bridgehead atoms. The molecule has 2 rings (SSSR count). The lowest BCUT2D eigenvalue weighted by Crippen LogP contribution is -2.31. The van der Waals surface area contributed by atoms with Crippen LogP contribution in [-0.4, -0.2) is 27.9 Å². The molecule has 5 nitrogen and oxygen atoms in total. The third kappa shape index (κ3) is 4.32. The van der Waals surface area contributed by atoms with Crippen molar-refractivity contribution in [1.82, 2.24) is 15.5 Å². The van der Waals surface area contributed by atoms with Crippen molar-refractivity contribution in [2.24, 2.45) is 0 Å². The molecule has 6 heteroatoms. The average molecular weight is 305 g/mol. The van der Waals surface area contributed by atoms with Gasteiger partial charge in [0.2, 0.25) is 11.8 Å². The molecule has 0 unspecified atom stereocenters. The zero-order valence-electron chi connectivity index (χ0n) is 12.4. The fourth-order valence-corrected chi connectivity index (χ4v) is 2.37. The monoisotopic (exact) mass is 305 g/mol. The summed E-state index contributed by atoms with van der Waals surface area (Å²) < 4.78 is 5.60. The van der Waals surface area contributed by atoms with Gasteiger partial charge in [-0.1, -0.05) is 36.4 Å². The Labute approximate surface area is 128 Å². The summed E-state index contributed by atoms with van der Waals surface area (Å²) in [6.07, 6.45) is 0.918. The fraction of sp³-hybridized carbons (Fsp3) is 0.400. The highest BCUT2D eigenvalue weighted by Gasteiger charge is 2.18. The summed E-state index contributed by atoms with van der Waals surface area (Å²) in [7, 11) is 0. The van der Waals surface area contributed by atoms with E-state index in [2.05, 4.69) is 15.5 Å². The van der Waals surface area contributed by atoms with Crippen LogP contribution in [0.1, 0.15) is 25.8 Å². The van der Waals surface area contributed by atoms with Crippen LogP contribution < -0.4 is 5.32 Å². The van der Waals surface area contributed by atoms with Gasteiger partial charge < -0.3 is 9.73 Å². The van der Waals surface area contributed by atoms with E-state index >= 15 is 0 Å². The molecule has 0 aliphatic rings. The predicted molar refractivity (Wildman–Crippen MR) is 83.1 cm³/mol. The summed E-state index contributed by atoms with van der Waals surface area (Å²) in [6, 6.07) is 7.86. The van der Waals surface area contributed by atoms with E-state index in [1.165, 1.54) is 17.3 Å². The Morgan fingerprint density at radius 2 is 2.05 bits per heavy atom. The molecule has 1 amide bonds. The summed E-state index contributed by atoms with van der Waals surface area (Å²) >= 11 is 1.27. The van der Waals surface area contributed by atoms with Crippen molar-refractivity contribution < 1.29 is 9.21 Å². The maximum absolute atomic E-state index is 11.8. The van der Waals surface area contributed by atoms with E-state index in [9.17, 15) is 4.79 Å². The molecule has 0 fully saturated rings. The molecule has 0 radical (unpaired) electrons. The summed E-state index contributed by atoms with van der Waals surface area (Å²) in [4.78, 5) is 11.8. The number of aryl methyl sites for hydroxylation is 1. The number of rotatable bonds is 6. The Hall–Kier alpha value is -1.82. The molecule has 2 aromatic rings. The smallest absolute Gasteiger partial charge is 0.277 e. The number of carbonyl (C=O) groups is 1. The van der Waals surface area contributed by atoms with Crippen LogP contribution in [-0.2, 0) is 4.79 Å². The molecule has 1 atom stereocenters. The third-order valence-electron chi connectivity index (χ3n) is 2.90. The first-order valence-corrected chi connectivity index (χ1v) is 7.83. The van der Waals surface area contributed by atoms with Crippen LogP contribution in [0.5, 0.6) is 0 Å². The molecule has 112 valence electrons. The Bertz CT molecular complexity index is 595. The molecule has 1 N–H and O–H groups in total. The van der Waals surface area contributed by atoms with Crippen LogP contribution in [0.25, 0.3) is 11.5 Å². The quantitative estimate of drug-likeness (QED) is 0.831. The molecule has 0 saturated heterocycles. The van der Waals surface area contributed by atoms with Crippen molar-refractivity contribution in [3.8, 4) is 11.5 Å². The lowest BCUT2D eigenvalue weighted by molar-refractivity contribution is -0.120. The molecule has 1 aromatic heterocycles. The van der Waals surface area contributed by atoms with E-state index < -0.39 is 0 Å². The summed E-state index contributed by atoms with van der Waals surface area (Å²) in [5.41, 5.74) is 2.05. The molecule has 0 aliphatic carbocycles. The predicted octanol–water partition coefficient (Wildman–Crippen LogP) is 3.05. The Kier molecular flexibility index (Phi) is 5.38. The van der Waals surface area contributed by atoms with Crippen LogP contribution in [0.4, 0.5) is 0 Å². The Balaban J connectivity index is 2.00. The highest BCUT2D eigenvalue weighted by molar-refractivity contribution is 8.00. The van der Waals surface area contributed by atoms with Gasteiger partial charge in [-0.2, -0.15) is 0 Å². The minimum Gasteiger partial charge on any atom is -0.411 e. The number of benzene rings is 1. The Morgan fingerprint density at radius 3 is 2.71 bits per heavy atom. The number of thioether (sulfide) groups is 1. The van der Waals surface area contributed by atoms with Gasteiger partial charge in [0.25, 0.3) is 5.22 Å². The van der Waals surface area contributed by atoms with E-state index in [0.29, 0.717) is 17.7 Å².